The number of nitrogens with one attached hydrogen (secondary N) is 2. The van der Waals surface area contributed by atoms with Crippen LogP contribution in [-0.2, 0) is 6.42 Å². The highest BCUT2D eigenvalue weighted by atomic mass is 19.3. The van der Waals surface area contributed by atoms with Crippen LogP contribution in [-0.4, -0.2) is 29.3 Å². The van der Waals surface area contributed by atoms with E-state index in [1.807, 2.05) is 0 Å². The number of alkyl halides is 2. The van der Waals surface area contributed by atoms with Crippen LogP contribution in [0.3, 0.4) is 0 Å². The van der Waals surface area contributed by atoms with Crippen molar-refractivity contribution in [2.24, 2.45) is 0 Å². The lowest BCUT2D eigenvalue weighted by molar-refractivity contribution is -0.0498. The lowest BCUT2D eigenvalue weighted by Crippen LogP contribution is -2.26. The molecule has 1 aromatic heterocycles. The van der Waals surface area contributed by atoms with Gasteiger partial charge >= 0.3 is 6.61 Å². The molecule has 1 fully saturated rings. The Morgan fingerprint density at radius 2 is 2.09 bits per heavy atom. The number of aromatic nitrogens is 2. The Balaban J connectivity index is 1.45. The summed E-state index contributed by atoms with van der Waals surface area (Å²) < 4.78 is 28.4. The van der Waals surface area contributed by atoms with Crippen molar-refractivity contribution in [3.05, 3.63) is 47.3 Å². The van der Waals surface area contributed by atoms with E-state index in [0.29, 0.717) is 24.6 Å². The number of benzene rings is 1. The van der Waals surface area contributed by atoms with Gasteiger partial charge in [-0.2, -0.15) is 13.9 Å². The van der Waals surface area contributed by atoms with Gasteiger partial charge in [0, 0.05) is 18.2 Å². The number of amides is 1. The van der Waals surface area contributed by atoms with E-state index < -0.39 is 6.61 Å². The molecule has 2 aromatic rings. The molecule has 0 unspecified atom stereocenters. The number of rotatable bonds is 7. The summed E-state index contributed by atoms with van der Waals surface area (Å²) in [5.41, 5.74) is 2.34. The fourth-order valence-corrected chi connectivity index (χ4v) is 2.30. The number of aromatic amines is 1. The molecule has 2 N–H and O–H groups in total. The third-order valence-corrected chi connectivity index (χ3v) is 3.70. The Morgan fingerprint density at radius 1 is 1.35 bits per heavy atom. The third kappa shape index (κ3) is 4.28. The molecular weight excluding hydrogens is 304 g/mol. The fourth-order valence-electron chi connectivity index (χ4n) is 2.30. The molecular formula is C16H17F2N3O2. The van der Waals surface area contributed by atoms with Crippen LogP contribution < -0.4 is 10.1 Å². The zero-order chi connectivity index (χ0) is 16.2. The van der Waals surface area contributed by atoms with Crippen LogP contribution in [0.15, 0.2) is 30.3 Å². The molecule has 1 amide bonds. The van der Waals surface area contributed by atoms with Crippen molar-refractivity contribution < 1.29 is 18.3 Å². The van der Waals surface area contributed by atoms with Crippen LogP contribution in [0.25, 0.3) is 0 Å². The molecule has 3 rings (SSSR count). The van der Waals surface area contributed by atoms with E-state index in [4.69, 9.17) is 0 Å². The van der Waals surface area contributed by atoms with Crippen molar-refractivity contribution in [3.63, 3.8) is 0 Å². The minimum Gasteiger partial charge on any atom is -0.435 e. The summed E-state index contributed by atoms with van der Waals surface area (Å²) in [6.45, 7) is -2.38. The third-order valence-electron chi connectivity index (χ3n) is 3.70. The van der Waals surface area contributed by atoms with Crippen LogP contribution in [0.5, 0.6) is 5.75 Å². The molecule has 0 spiro atoms. The van der Waals surface area contributed by atoms with Gasteiger partial charge in [-0.15, -0.1) is 0 Å². The molecule has 0 saturated heterocycles. The van der Waals surface area contributed by atoms with Crippen molar-refractivity contribution in [3.8, 4) is 5.75 Å². The molecule has 5 nitrogen and oxygen atoms in total. The molecule has 1 heterocycles. The summed E-state index contributed by atoms with van der Waals surface area (Å²) in [7, 11) is 0. The smallest absolute Gasteiger partial charge is 0.387 e. The number of nitrogens with zero attached hydrogens (tertiary/aromatic N) is 1. The molecule has 0 atom stereocenters. The standard InChI is InChI=1S/C16H17F2N3O2/c17-16(18)23-12-5-1-10(2-6-12)7-8-19-15(22)14-9-13(20-21-14)11-3-4-11/h1-2,5-6,9,11,16H,3-4,7-8H2,(H,19,22)(H,20,21). The first-order valence-corrected chi connectivity index (χ1v) is 7.49. The molecule has 1 saturated carbocycles. The average molecular weight is 321 g/mol. The number of carbonyl (C=O) groups is 1. The maximum Gasteiger partial charge on any atom is 0.387 e. The zero-order valence-electron chi connectivity index (χ0n) is 12.4. The molecule has 1 aromatic carbocycles. The van der Waals surface area contributed by atoms with Gasteiger partial charge in [-0.25, -0.2) is 0 Å². The molecule has 0 bridgehead atoms. The van der Waals surface area contributed by atoms with Gasteiger partial charge in [0.15, 0.2) is 0 Å². The maximum atomic E-state index is 12.1. The molecule has 23 heavy (non-hydrogen) atoms. The Labute approximate surface area is 132 Å². The number of hydrogen-bond acceptors (Lipinski definition) is 3. The van der Waals surface area contributed by atoms with Crippen molar-refractivity contribution in [2.45, 2.75) is 31.8 Å². The van der Waals surface area contributed by atoms with E-state index in [0.717, 1.165) is 24.1 Å². The second-order valence-corrected chi connectivity index (χ2v) is 5.51. The van der Waals surface area contributed by atoms with Gasteiger partial charge in [0.25, 0.3) is 5.91 Å². The summed E-state index contributed by atoms with van der Waals surface area (Å²) >= 11 is 0. The summed E-state index contributed by atoms with van der Waals surface area (Å²) in [5, 5.41) is 9.70. The zero-order valence-corrected chi connectivity index (χ0v) is 12.4. The highest BCUT2D eigenvalue weighted by Crippen LogP contribution is 2.38. The number of halogens is 2. The van der Waals surface area contributed by atoms with Crippen LogP contribution in [0.4, 0.5) is 8.78 Å². The average Bonchev–Trinajstić information content (AvgIpc) is 3.25. The molecule has 0 radical (unpaired) electrons. The Kier molecular flexibility index (Phi) is 4.55. The van der Waals surface area contributed by atoms with E-state index in [-0.39, 0.29) is 11.7 Å². The lowest BCUT2D eigenvalue weighted by Gasteiger charge is -2.06. The molecule has 1 aliphatic carbocycles. The lowest BCUT2D eigenvalue weighted by atomic mass is 10.1. The molecule has 122 valence electrons. The van der Waals surface area contributed by atoms with Gasteiger partial charge in [-0.3, -0.25) is 9.89 Å². The Morgan fingerprint density at radius 3 is 2.74 bits per heavy atom. The molecule has 0 aliphatic heterocycles. The van der Waals surface area contributed by atoms with Crippen LogP contribution in [0, 0.1) is 0 Å². The van der Waals surface area contributed by atoms with Crippen molar-refractivity contribution >= 4 is 5.91 Å². The van der Waals surface area contributed by atoms with E-state index in [1.165, 1.54) is 12.1 Å². The van der Waals surface area contributed by atoms with E-state index in [2.05, 4.69) is 20.3 Å². The highest BCUT2D eigenvalue weighted by molar-refractivity contribution is 5.92. The first-order chi connectivity index (χ1) is 11.1. The van der Waals surface area contributed by atoms with Crippen molar-refractivity contribution in [2.75, 3.05) is 6.54 Å². The monoisotopic (exact) mass is 321 g/mol. The van der Waals surface area contributed by atoms with Gasteiger partial charge in [-0.1, -0.05) is 12.1 Å². The molecule has 7 heteroatoms. The minimum atomic E-state index is -2.82. The summed E-state index contributed by atoms with van der Waals surface area (Å²) in [5.74, 6) is 0.431. The Hall–Kier alpha value is -2.44. The van der Waals surface area contributed by atoms with E-state index in [9.17, 15) is 13.6 Å². The number of H-pyrrole nitrogens is 1. The normalized spacial score (nSPS) is 14.0. The van der Waals surface area contributed by atoms with Crippen LogP contribution >= 0.6 is 0 Å². The maximum absolute atomic E-state index is 12.1. The number of ether oxygens (including phenoxy) is 1. The van der Waals surface area contributed by atoms with Crippen LogP contribution in [0.1, 0.15) is 40.5 Å². The fraction of sp³-hybridized carbons (Fsp3) is 0.375. The quantitative estimate of drug-likeness (QED) is 0.824. The summed E-state index contributed by atoms with van der Waals surface area (Å²) in [6.07, 6.45) is 2.89. The van der Waals surface area contributed by atoms with Gasteiger partial charge in [0.2, 0.25) is 0 Å². The second kappa shape index (κ2) is 6.76. The predicted octanol–water partition coefficient (Wildman–Crippen LogP) is 2.86. The van der Waals surface area contributed by atoms with E-state index in [1.54, 1.807) is 18.2 Å². The number of carbonyl (C=O) groups excluding carboxylic acids is 1. The topological polar surface area (TPSA) is 67.0 Å². The second-order valence-electron chi connectivity index (χ2n) is 5.51. The predicted molar refractivity (Wildman–Crippen MR) is 79.7 cm³/mol. The van der Waals surface area contributed by atoms with Gasteiger partial charge in [0.05, 0.1) is 0 Å². The van der Waals surface area contributed by atoms with Gasteiger partial charge < -0.3 is 10.1 Å². The minimum absolute atomic E-state index is 0.122. The van der Waals surface area contributed by atoms with E-state index >= 15 is 0 Å². The molecule has 1 aliphatic rings. The number of hydrogen-bond donors (Lipinski definition) is 2. The summed E-state index contributed by atoms with van der Waals surface area (Å²) in [4.78, 5) is 12.0. The highest BCUT2D eigenvalue weighted by Gasteiger charge is 2.26. The van der Waals surface area contributed by atoms with Gasteiger partial charge in [-0.05, 0) is 43.0 Å². The Bertz CT molecular complexity index is 666. The van der Waals surface area contributed by atoms with Crippen LogP contribution in [0.2, 0.25) is 0 Å². The van der Waals surface area contributed by atoms with Crippen molar-refractivity contribution in [1.29, 1.82) is 0 Å². The summed E-state index contributed by atoms with van der Waals surface area (Å²) in [6, 6.07) is 8.16. The SMILES string of the molecule is O=C(NCCc1ccc(OC(F)F)cc1)c1cc(C2CC2)[nH]n1. The van der Waals surface area contributed by atoms with Gasteiger partial charge in [0.1, 0.15) is 11.4 Å². The first kappa shape index (κ1) is 15.5. The van der Waals surface area contributed by atoms with Crippen molar-refractivity contribution in [1.82, 2.24) is 15.5 Å². The first-order valence-electron chi connectivity index (χ1n) is 7.49. The largest absolute Gasteiger partial charge is 0.435 e.